The number of nitrogens with zero attached hydrogens (tertiary/aromatic N) is 1. The van der Waals surface area contributed by atoms with Gasteiger partial charge in [0.05, 0.1) is 0 Å². The van der Waals surface area contributed by atoms with Crippen molar-refractivity contribution in [3.05, 3.63) is 0 Å². The van der Waals surface area contributed by atoms with Crippen molar-refractivity contribution in [3.63, 3.8) is 0 Å². The maximum absolute atomic E-state index is 10.6. The fourth-order valence-electron chi connectivity index (χ4n) is 0.411. The van der Waals surface area contributed by atoms with Gasteiger partial charge >= 0.3 is 0 Å². The lowest BCUT2D eigenvalue weighted by molar-refractivity contribution is -0.128. The Hall–Kier alpha value is -1.06. The molecule has 0 unspecified atom stereocenters. The second-order valence-corrected chi connectivity index (χ2v) is 1.92. The SMILES string of the molecule is CCCC(=O)[N]NC(C)=O. The first kappa shape index (κ1) is 8.94. The summed E-state index contributed by atoms with van der Waals surface area (Å²) < 4.78 is 0. The van der Waals surface area contributed by atoms with E-state index >= 15 is 0 Å². The van der Waals surface area contributed by atoms with Crippen LogP contribution in [0.5, 0.6) is 0 Å². The molecule has 4 heteroatoms. The van der Waals surface area contributed by atoms with Gasteiger partial charge in [0.1, 0.15) is 0 Å². The number of carbonyl (C=O) groups is 2. The lowest BCUT2D eigenvalue weighted by Crippen LogP contribution is -2.33. The molecule has 0 aliphatic heterocycles. The zero-order valence-electron chi connectivity index (χ0n) is 6.18. The second-order valence-electron chi connectivity index (χ2n) is 1.92. The van der Waals surface area contributed by atoms with Crippen LogP contribution in [0, 0.1) is 0 Å². The Kier molecular flexibility index (Phi) is 4.28. The number of nitrogens with one attached hydrogen (secondary N) is 1. The molecule has 0 aromatic rings. The Balaban J connectivity index is 3.30. The molecule has 0 fully saturated rings. The van der Waals surface area contributed by atoms with Crippen LogP contribution in [0.4, 0.5) is 0 Å². The normalized spacial score (nSPS) is 8.60. The first-order chi connectivity index (χ1) is 4.66. The third-order valence-electron chi connectivity index (χ3n) is 0.802. The summed E-state index contributed by atoms with van der Waals surface area (Å²) in [4.78, 5) is 20.8. The number of amides is 2. The maximum atomic E-state index is 10.6. The standard InChI is InChI=1S/C6H11N2O2/c1-3-4-6(10)8-7-5(2)9/h3-4H2,1-2H3,(H,7,9). The molecule has 0 aliphatic rings. The highest BCUT2D eigenvalue weighted by Gasteiger charge is 2.00. The molecule has 57 valence electrons. The highest BCUT2D eigenvalue weighted by atomic mass is 16.2. The summed E-state index contributed by atoms with van der Waals surface area (Å²) in [5.74, 6) is -0.595. The Morgan fingerprint density at radius 1 is 1.50 bits per heavy atom. The molecule has 2 amide bonds. The van der Waals surface area contributed by atoms with E-state index in [-0.39, 0.29) is 11.8 Å². The van der Waals surface area contributed by atoms with E-state index in [4.69, 9.17) is 0 Å². The molecule has 4 nitrogen and oxygen atoms in total. The lowest BCUT2D eigenvalue weighted by Gasteiger charge is -1.97. The minimum atomic E-state index is -0.315. The van der Waals surface area contributed by atoms with Gasteiger partial charge < -0.3 is 0 Å². The van der Waals surface area contributed by atoms with Crippen molar-refractivity contribution in [2.24, 2.45) is 0 Å². The molecule has 0 atom stereocenters. The molecule has 0 saturated carbocycles. The highest BCUT2D eigenvalue weighted by Crippen LogP contribution is 1.84. The lowest BCUT2D eigenvalue weighted by atomic mass is 10.3. The van der Waals surface area contributed by atoms with Gasteiger partial charge in [0.2, 0.25) is 5.91 Å². The van der Waals surface area contributed by atoms with Crippen LogP contribution in [0.3, 0.4) is 0 Å². The van der Waals surface area contributed by atoms with E-state index in [0.717, 1.165) is 6.42 Å². The van der Waals surface area contributed by atoms with E-state index < -0.39 is 0 Å². The molecular formula is C6H11N2O2. The van der Waals surface area contributed by atoms with E-state index in [2.05, 4.69) is 10.9 Å². The van der Waals surface area contributed by atoms with Gasteiger partial charge in [0, 0.05) is 13.3 Å². The van der Waals surface area contributed by atoms with Gasteiger partial charge in [-0.25, -0.2) is 5.43 Å². The molecule has 1 radical (unpaired) electrons. The maximum Gasteiger partial charge on any atom is 0.262 e. The van der Waals surface area contributed by atoms with E-state index in [1.165, 1.54) is 6.92 Å². The predicted octanol–water partition coefficient (Wildman–Crippen LogP) is -0.0314. The third kappa shape index (κ3) is 5.08. The summed E-state index contributed by atoms with van der Waals surface area (Å²) in [6, 6.07) is 0. The van der Waals surface area contributed by atoms with Crippen molar-refractivity contribution in [1.82, 2.24) is 10.9 Å². The monoisotopic (exact) mass is 143 g/mol. The average molecular weight is 143 g/mol. The van der Waals surface area contributed by atoms with Crippen molar-refractivity contribution in [2.75, 3.05) is 0 Å². The van der Waals surface area contributed by atoms with Crippen LogP contribution in [0.15, 0.2) is 0 Å². The minimum absolute atomic E-state index is 0.280. The van der Waals surface area contributed by atoms with Crippen LogP contribution in [0.1, 0.15) is 26.7 Å². The summed E-state index contributed by atoms with van der Waals surface area (Å²) in [7, 11) is 0. The molecule has 0 aromatic heterocycles. The second kappa shape index (κ2) is 4.78. The summed E-state index contributed by atoms with van der Waals surface area (Å²) in [5.41, 5.74) is 5.34. The molecular weight excluding hydrogens is 132 g/mol. The molecule has 0 spiro atoms. The van der Waals surface area contributed by atoms with Crippen LogP contribution in [0.2, 0.25) is 0 Å². The van der Waals surface area contributed by atoms with E-state index in [1.54, 1.807) is 0 Å². The van der Waals surface area contributed by atoms with Crippen LogP contribution in [-0.4, -0.2) is 11.8 Å². The van der Waals surface area contributed by atoms with E-state index in [1.807, 2.05) is 6.92 Å². The molecule has 0 rings (SSSR count). The molecule has 0 saturated heterocycles. The Labute approximate surface area is 60.0 Å². The number of carbonyl (C=O) groups excluding carboxylic acids is 2. The van der Waals surface area contributed by atoms with Crippen molar-refractivity contribution >= 4 is 11.8 Å². The molecule has 1 N–H and O–H groups in total. The van der Waals surface area contributed by atoms with Crippen LogP contribution in [-0.2, 0) is 9.59 Å². The summed E-state index contributed by atoms with van der Waals surface area (Å²) >= 11 is 0. The fraction of sp³-hybridized carbons (Fsp3) is 0.667. The Morgan fingerprint density at radius 3 is 2.50 bits per heavy atom. The summed E-state index contributed by atoms with van der Waals surface area (Å²) in [5, 5.41) is 0. The first-order valence-corrected chi connectivity index (χ1v) is 3.17. The Morgan fingerprint density at radius 2 is 2.10 bits per heavy atom. The summed E-state index contributed by atoms with van der Waals surface area (Å²) in [6.45, 7) is 3.18. The van der Waals surface area contributed by atoms with Crippen molar-refractivity contribution in [3.8, 4) is 0 Å². The molecule has 0 aliphatic carbocycles. The zero-order chi connectivity index (χ0) is 7.98. The minimum Gasteiger partial charge on any atom is -0.274 e. The van der Waals surface area contributed by atoms with Gasteiger partial charge in [-0.2, -0.15) is 0 Å². The number of hydrogen-bond acceptors (Lipinski definition) is 2. The Bertz CT molecular complexity index is 134. The van der Waals surface area contributed by atoms with Crippen LogP contribution in [0.25, 0.3) is 0 Å². The molecule has 0 bridgehead atoms. The van der Waals surface area contributed by atoms with Gasteiger partial charge in [-0.3, -0.25) is 9.59 Å². The van der Waals surface area contributed by atoms with Gasteiger partial charge in [0.15, 0.2) is 0 Å². The van der Waals surface area contributed by atoms with E-state index in [9.17, 15) is 9.59 Å². The van der Waals surface area contributed by atoms with Gasteiger partial charge in [-0.05, 0) is 6.42 Å². The van der Waals surface area contributed by atoms with Crippen molar-refractivity contribution in [1.29, 1.82) is 0 Å². The first-order valence-electron chi connectivity index (χ1n) is 3.17. The third-order valence-corrected chi connectivity index (χ3v) is 0.802. The van der Waals surface area contributed by atoms with Crippen molar-refractivity contribution < 1.29 is 9.59 Å². The van der Waals surface area contributed by atoms with Gasteiger partial charge in [-0.1, -0.05) is 6.92 Å². The van der Waals surface area contributed by atoms with Crippen LogP contribution < -0.4 is 10.9 Å². The summed E-state index contributed by atoms with van der Waals surface area (Å²) in [6.07, 6.45) is 1.14. The largest absolute Gasteiger partial charge is 0.274 e. The van der Waals surface area contributed by atoms with Crippen molar-refractivity contribution in [2.45, 2.75) is 26.7 Å². The highest BCUT2D eigenvalue weighted by molar-refractivity contribution is 5.80. The molecule has 0 aromatic carbocycles. The zero-order valence-corrected chi connectivity index (χ0v) is 6.18. The predicted molar refractivity (Wildman–Crippen MR) is 35.9 cm³/mol. The topological polar surface area (TPSA) is 60.3 Å². The quantitative estimate of drug-likeness (QED) is 0.552. The van der Waals surface area contributed by atoms with Gasteiger partial charge in [0.25, 0.3) is 5.91 Å². The number of rotatable bonds is 2. The molecule has 0 heterocycles. The van der Waals surface area contributed by atoms with E-state index in [0.29, 0.717) is 6.42 Å². The number of hydrogen-bond donors (Lipinski definition) is 1. The fourth-order valence-corrected chi connectivity index (χ4v) is 0.411. The van der Waals surface area contributed by atoms with Crippen LogP contribution >= 0.6 is 0 Å². The molecule has 10 heavy (non-hydrogen) atoms. The van der Waals surface area contributed by atoms with Gasteiger partial charge in [-0.15, -0.1) is 5.43 Å². The average Bonchev–Trinajstić information content (AvgIpc) is 1.85. The smallest absolute Gasteiger partial charge is 0.262 e.